The summed E-state index contributed by atoms with van der Waals surface area (Å²) in [6, 6.07) is 3.98. The van der Waals surface area contributed by atoms with Crippen LogP contribution < -0.4 is 5.73 Å². The first kappa shape index (κ1) is 12.3. The third kappa shape index (κ3) is 5.04. The van der Waals surface area contributed by atoms with E-state index in [9.17, 15) is 4.21 Å². The number of pyridine rings is 1. The van der Waals surface area contributed by atoms with Crippen LogP contribution in [-0.4, -0.2) is 26.7 Å². The molecule has 84 valence electrons. The smallest absolute Gasteiger partial charge is 0.0386 e. The Hall–Kier alpha value is -0.740. The normalized spacial score (nSPS) is 14.8. The quantitative estimate of drug-likeness (QED) is 0.790. The van der Waals surface area contributed by atoms with Crippen LogP contribution in [0.1, 0.15) is 18.9 Å². The highest BCUT2D eigenvalue weighted by atomic mass is 32.2. The Labute approximate surface area is 93.6 Å². The van der Waals surface area contributed by atoms with Crippen LogP contribution in [0.2, 0.25) is 0 Å². The molecule has 0 aliphatic rings. The molecule has 1 rings (SSSR count). The van der Waals surface area contributed by atoms with Crippen LogP contribution in [0.3, 0.4) is 0 Å². The maximum atomic E-state index is 11.6. The van der Waals surface area contributed by atoms with Gasteiger partial charge in [-0.1, -0.05) is 6.92 Å². The lowest BCUT2D eigenvalue weighted by Gasteiger charge is -2.07. The third-order valence-corrected chi connectivity index (χ3v) is 3.75. The fourth-order valence-corrected chi connectivity index (χ4v) is 2.56. The molecule has 0 saturated carbocycles. The van der Waals surface area contributed by atoms with Crippen molar-refractivity contribution >= 4 is 10.8 Å². The van der Waals surface area contributed by atoms with Crippen LogP contribution in [-0.2, 0) is 17.2 Å². The van der Waals surface area contributed by atoms with Gasteiger partial charge in [0.05, 0.1) is 0 Å². The number of nitrogens with zero attached hydrogens (tertiary/aromatic N) is 1. The lowest BCUT2D eigenvalue weighted by Crippen LogP contribution is -2.27. The molecule has 2 N–H and O–H groups in total. The molecule has 0 aromatic carbocycles. The van der Waals surface area contributed by atoms with E-state index in [2.05, 4.69) is 4.98 Å². The average molecular weight is 226 g/mol. The summed E-state index contributed by atoms with van der Waals surface area (Å²) in [5, 5.41) is 0. The van der Waals surface area contributed by atoms with Crippen LogP contribution >= 0.6 is 0 Å². The topological polar surface area (TPSA) is 56.0 Å². The third-order valence-electron chi connectivity index (χ3n) is 2.29. The summed E-state index contributed by atoms with van der Waals surface area (Å²) in [4.78, 5) is 3.94. The molecule has 15 heavy (non-hydrogen) atoms. The van der Waals surface area contributed by atoms with Gasteiger partial charge in [-0.25, -0.2) is 0 Å². The van der Waals surface area contributed by atoms with Gasteiger partial charge in [0.1, 0.15) is 0 Å². The van der Waals surface area contributed by atoms with Crippen molar-refractivity contribution in [2.45, 2.75) is 25.8 Å². The number of hydrogen-bond acceptors (Lipinski definition) is 3. The summed E-state index contributed by atoms with van der Waals surface area (Å²) in [6.45, 7) is 2.02. The molecule has 0 bridgehead atoms. The highest BCUT2D eigenvalue weighted by Gasteiger charge is 2.06. The number of aryl methyl sites for hydroxylation is 1. The number of aromatic nitrogens is 1. The van der Waals surface area contributed by atoms with Crippen LogP contribution in [0.25, 0.3) is 0 Å². The minimum absolute atomic E-state index is 0.0725. The van der Waals surface area contributed by atoms with Gasteiger partial charge >= 0.3 is 0 Å². The van der Waals surface area contributed by atoms with Gasteiger partial charge in [-0.05, 0) is 30.5 Å². The first-order valence-corrected chi connectivity index (χ1v) is 6.70. The Morgan fingerprint density at radius 3 is 2.73 bits per heavy atom. The van der Waals surface area contributed by atoms with Crippen molar-refractivity contribution in [1.82, 2.24) is 4.98 Å². The maximum Gasteiger partial charge on any atom is 0.0386 e. The predicted molar refractivity (Wildman–Crippen MR) is 64.1 cm³/mol. The second-order valence-corrected chi connectivity index (χ2v) is 5.21. The minimum atomic E-state index is -0.796. The molecule has 0 fully saturated rings. The van der Waals surface area contributed by atoms with Crippen molar-refractivity contribution in [3.8, 4) is 0 Å². The van der Waals surface area contributed by atoms with Crippen LogP contribution in [0.5, 0.6) is 0 Å². The Kier molecular flexibility index (Phi) is 5.50. The van der Waals surface area contributed by atoms with Crippen molar-refractivity contribution < 1.29 is 4.21 Å². The largest absolute Gasteiger partial charge is 0.327 e. The Balaban J connectivity index is 2.29. The summed E-state index contributed by atoms with van der Waals surface area (Å²) in [5.41, 5.74) is 6.92. The second-order valence-electron chi connectivity index (χ2n) is 3.58. The van der Waals surface area contributed by atoms with Crippen molar-refractivity contribution in [1.29, 1.82) is 0 Å². The predicted octanol–water partition coefficient (Wildman–Crippen LogP) is 1.11. The molecular weight excluding hydrogens is 208 g/mol. The maximum absolute atomic E-state index is 11.6. The van der Waals surface area contributed by atoms with Crippen molar-refractivity contribution in [3.05, 3.63) is 30.1 Å². The molecule has 0 radical (unpaired) electrons. The molecule has 0 aliphatic carbocycles. The number of rotatable bonds is 6. The zero-order valence-electron chi connectivity index (χ0n) is 9.06. The fourth-order valence-electron chi connectivity index (χ4n) is 1.22. The highest BCUT2D eigenvalue weighted by molar-refractivity contribution is 7.85. The molecule has 3 nitrogen and oxygen atoms in total. The van der Waals surface area contributed by atoms with E-state index in [-0.39, 0.29) is 6.04 Å². The van der Waals surface area contributed by atoms with E-state index in [0.717, 1.165) is 12.8 Å². The van der Waals surface area contributed by atoms with E-state index >= 15 is 0 Å². The lowest BCUT2D eigenvalue weighted by molar-refractivity contribution is 0.663. The van der Waals surface area contributed by atoms with Crippen molar-refractivity contribution in [2.24, 2.45) is 5.73 Å². The summed E-state index contributed by atoms with van der Waals surface area (Å²) in [7, 11) is -0.796. The van der Waals surface area contributed by atoms with Crippen LogP contribution in [0, 0.1) is 0 Å². The molecular formula is C11H18N2OS. The molecule has 0 spiro atoms. The standard InChI is InChI=1S/C11H18N2OS/c1-2-11(12)9-15(14)8-5-10-3-6-13-7-4-10/h3-4,6-7,11H,2,5,8-9,12H2,1H3. The van der Waals surface area contributed by atoms with Gasteiger partial charge in [0.15, 0.2) is 0 Å². The Morgan fingerprint density at radius 1 is 1.47 bits per heavy atom. The first-order valence-electron chi connectivity index (χ1n) is 5.21. The zero-order valence-corrected chi connectivity index (χ0v) is 9.87. The molecule has 1 aromatic heterocycles. The van der Waals surface area contributed by atoms with Gasteiger partial charge in [0, 0.05) is 40.7 Å². The average Bonchev–Trinajstić information content (AvgIpc) is 2.27. The number of hydrogen-bond donors (Lipinski definition) is 1. The van der Waals surface area contributed by atoms with Crippen LogP contribution in [0.15, 0.2) is 24.5 Å². The van der Waals surface area contributed by atoms with E-state index in [4.69, 9.17) is 5.73 Å². The molecule has 4 heteroatoms. The van der Waals surface area contributed by atoms with Gasteiger partial charge in [-0.3, -0.25) is 9.19 Å². The van der Waals surface area contributed by atoms with E-state index in [1.54, 1.807) is 12.4 Å². The molecule has 1 heterocycles. The molecule has 0 amide bonds. The molecule has 1 aromatic rings. The molecule has 2 atom stereocenters. The zero-order chi connectivity index (χ0) is 11.1. The van der Waals surface area contributed by atoms with Gasteiger partial charge in [-0.15, -0.1) is 0 Å². The fraction of sp³-hybridized carbons (Fsp3) is 0.545. The second kappa shape index (κ2) is 6.69. The highest BCUT2D eigenvalue weighted by Crippen LogP contribution is 2.00. The number of nitrogens with two attached hydrogens (primary N) is 1. The van der Waals surface area contributed by atoms with E-state index in [0.29, 0.717) is 11.5 Å². The van der Waals surface area contributed by atoms with E-state index in [1.165, 1.54) is 5.56 Å². The van der Waals surface area contributed by atoms with Crippen molar-refractivity contribution in [3.63, 3.8) is 0 Å². The van der Waals surface area contributed by atoms with Gasteiger partial charge in [0.25, 0.3) is 0 Å². The van der Waals surface area contributed by atoms with Gasteiger partial charge in [-0.2, -0.15) is 0 Å². The van der Waals surface area contributed by atoms with E-state index < -0.39 is 10.8 Å². The van der Waals surface area contributed by atoms with Crippen molar-refractivity contribution in [2.75, 3.05) is 11.5 Å². The van der Waals surface area contributed by atoms with Gasteiger partial charge in [0.2, 0.25) is 0 Å². The summed E-state index contributed by atoms with van der Waals surface area (Å²) >= 11 is 0. The summed E-state index contributed by atoms with van der Waals surface area (Å²) < 4.78 is 11.6. The van der Waals surface area contributed by atoms with Gasteiger partial charge < -0.3 is 5.73 Å². The van der Waals surface area contributed by atoms with Crippen LogP contribution in [0.4, 0.5) is 0 Å². The first-order chi connectivity index (χ1) is 7.22. The summed E-state index contributed by atoms with van der Waals surface area (Å²) in [6.07, 6.45) is 5.25. The summed E-state index contributed by atoms with van der Waals surface area (Å²) in [5.74, 6) is 1.30. The minimum Gasteiger partial charge on any atom is -0.327 e. The Morgan fingerprint density at radius 2 is 2.13 bits per heavy atom. The SMILES string of the molecule is CCC(N)CS(=O)CCc1ccncc1. The lowest BCUT2D eigenvalue weighted by atomic mass is 10.2. The molecule has 0 aliphatic heterocycles. The van der Waals surface area contributed by atoms with E-state index in [1.807, 2.05) is 19.1 Å². The Bertz CT molecular complexity index is 303. The monoisotopic (exact) mass is 226 g/mol. The molecule has 2 unspecified atom stereocenters. The molecule has 0 saturated heterocycles.